The molecule has 70 valence electrons. The predicted molar refractivity (Wildman–Crippen MR) is 45.8 cm³/mol. The maximum Gasteiger partial charge on any atom is 0.295 e. The van der Waals surface area contributed by atoms with E-state index in [4.69, 9.17) is 5.26 Å². The highest BCUT2D eigenvalue weighted by Crippen LogP contribution is 2.20. The number of hydrogen-bond donors (Lipinski definition) is 1. The molecule has 0 aliphatic heterocycles. The third-order valence-corrected chi connectivity index (χ3v) is 1.84. The number of nitrogens with zero attached hydrogens (tertiary/aromatic N) is 2. The first-order valence-electron chi connectivity index (χ1n) is 3.88. The zero-order valence-corrected chi connectivity index (χ0v) is 6.96. The van der Waals surface area contributed by atoms with Crippen LogP contribution in [-0.2, 0) is 0 Å². The minimum Gasteiger partial charge on any atom is -0.337 e. The molecule has 14 heavy (non-hydrogen) atoms. The molecule has 0 radical (unpaired) electrons. The Morgan fingerprint density at radius 1 is 1.43 bits per heavy atom. The van der Waals surface area contributed by atoms with Crippen LogP contribution < -0.4 is 0 Å². The highest BCUT2D eigenvalue weighted by atomic mass is 19.3. The second-order valence-electron chi connectivity index (χ2n) is 2.77. The molecule has 1 N–H and O–H groups in total. The number of hydrogen-bond acceptors (Lipinski definition) is 2. The first-order valence-corrected chi connectivity index (χ1v) is 3.88. The molecule has 1 aromatic heterocycles. The molecule has 2 aromatic rings. The van der Waals surface area contributed by atoms with Crippen LogP contribution in [0.5, 0.6) is 0 Å². The van der Waals surface area contributed by atoms with Crippen LogP contribution in [0, 0.1) is 11.3 Å². The first-order chi connectivity index (χ1) is 6.70. The molecule has 1 aromatic carbocycles. The van der Waals surface area contributed by atoms with E-state index in [1.54, 1.807) is 6.07 Å². The summed E-state index contributed by atoms with van der Waals surface area (Å²) in [4.78, 5) is 6.13. The molecular weight excluding hydrogens is 188 g/mol. The van der Waals surface area contributed by atoms with E-state index in [1.165, 1.54) is 12.1 Å². The second kappa shape index (κ2) is 3.07. The van der Waals surface area contributed by atoms with Gasteiger partial charge in [0, 0.05) is 0 Å². The van der Waals surface area contributed by atoms with Gasteiger partial charge >= 0.3 is 0 Å². The number of nitrogens with one attached hydrogen (secondary N) is 1. The lowest BCUT2D eigenvalue weighted by molar-refractivity contribution is 0.142. The van der Waals surface area contributed by atoms with E-state index in [9.17, 15) is 8.78 Å². The molecule has 0 fully saturated rings. The molecule has 3 nitrogen and oxygen atoms in total. The molecule has 1 heterocycles. The number of nitriles is 1. The van der Waals surface area contributed by atoms with Crippen molar-refractivity contribution >= 4 is 11.0 Å². The van der Waals surface area contributed by atoms with E-state index >= 15 is 0 Å². The van der Waals surface area contributed by atoms with Crippen molar-refractivity contribution in [2.24, 2.45) is 0 Å². The van der Waals surface area contributed by atoms with Crippen molar-refractivity contribution in [2.45, 2.75) is 6.43 Å². The van der Waals surface area contributed by atoms with E-state index in [2.05, 4.69) is 9.97 Å². The topological polar surface area (TPSA) is 52.5 Å². The Morgan fingerprint density at radius 3 is 2.86 bits per heavy atom. The van der Waals surface area contributed by atoms with Crippen LogP contribution in [0.15, 0.2) is 18.2 Å². The summed E-state index contributed by atoms with van der Waals surface area (Å²) in [7, 11) is 0. The number of aromatic nitrogens is 2. The number of aromatic amines is 1. The lowest BCUT2D eigenvalue weighted by atomic mass is 10.2. The quantitative estimate of drug-likeness (QED) is 0.755. The minimum absolute atomic E-state index is 0.366. The average Bonchev–Trinajstić information content (AvgIpc) is 2.59. The molecule has 0 atom stereocenters. The second-order valence-corrected chi connectivity index (χ2v) is 2.77. The molecule has 0 aliphatic rings. The van der Waals surface area contributed by atoms with Crippen molar-refractivity contribution in [1.82, 2.24) is 9.97 Å². The Bertz CT molecular complexity index is 510. The van der Waals surface area contributed by atoms with Crippen LogP contribution in [0.2, 0.25) is 0 Å². The number of fused-ring (bicyclic) bond motifs is 1. The Hall–Kier alpha value is -1.96. The molecule has 0 bridgehead atoms. The van der Waals surface area contributed by atoms with Crippen molar-refractivity contribution in [3.8, 4) is 6.07 Å². The highest BCUT2D eigenvalue weighted by molar-refractivity contribution is 5.76. The van der Waals surface area contributed by atoms with Crippen molar-refractivity contribution < 1.29 is 8.78 Å². The van der Waals surface area contributed by atoms with Gasteiger partial charge in [0.1, 0.15) is 0 Å². The third kappa shape index (κ3) is 1.31. The monoisotopic (exact) mass is 193 g/mol. The smallest absolute Gasteiger partial charge is 0.295 e. The van der Waals surface area contributed by atoms with Gasteiger partial charge in [-0.25, -0.2) is 13.8 Å². The maximum atomic E-state index is 12.2. The fourth-order valence-electron chi connectivity index (χ4n) is 1.20. The summed E-state index contributed by atoms with van der Waals surface area (Å²) in [6.45, 7) is 0. The van der Waals surface area contributed by atoms with Crippen molar-refractivity contribution in [3.63, 3.8) is 0 Å². The summed E-state index contributed by atoms with van der Waals surface area (Å²) >= 11 is 0. The summed E-state index contributed by atoms with van der Waals surface area (Å²) in [5.41, 5.74) is 1.32. The Balaban J connectivity index is 2.61. The summed E-state index contributed by atoms with van der Waals surface area (Å²) in [6, 6.07) is 6.49. The first kappa shape index (κ1) is 8.63. The van der Waals surface area contributed by atoms with Gasteiger partial charge in [-0.15, -0.1) is 0 Å². The van der Waals surface area contributed by atoms with Crippen molar-refractivity contribution in [1.29, 1.82) is 5.26 Å². The van der Waals surface area contributed by atoms with Crippen LogP contribution >= 0.6 is 0 Å². The fourth-order valence-corrected chi connectivity index (χ4v) is 1.20. The third-order valence-electron chi connectivity index (χ3n) is 1.84. The fraction of sp³-hybridized carbons (Fsp3) is 0.111. The van der Waals surface area contributed by atoms with Gasteiger partial charge in [-0.3, -0.25) is 0 Å². The van der Waals surface area contributed by atoms with Crippen LogP contribution in [0.3, 0.4) is 0 Å². The molecule has 5 heteroatoms. The standard InChI is InChI=1S/C9H5F2N3/c10-8(11)9-13-6-2-1-5(4-12)3-7(6)14-9/h1-3,8H,(H,13,14). The summed E-state index contributed by atoms with van der Waals surface area (Å²) in [5.74, 6) is -0.366. The SMILES string of the molecule is N#Cc1ccc2nc(C(F)F)[nH]c2c1. The molecule has 0 saturated heterocycles. The van der Waals surface area contributed by atoms with Crippen LogP contribution in [-0.4, -0.2) is 9.97 Å². The molecular formula is C9H5F2N3. The zero-order chi connectivity index (χ0) is 10.1. The van der Waals surface area contributed by atoms with Crippen molar-refractivity contribution in [2.75, 3.05) is 0 Å². The van der Waals surface area contributed by atoms with Gasteiger partial charge < -0.3 is 4.98 Å². The van der Waals surface area contributed by atoms with Crippen LogP contribution in [0.4, 0.5) is 8.78 Å². The number of halogens is 2. The largest absolute Gasteiger partial charge is 0.337 e. The minimum atomic E-state index is -2.62. The molecule has 2 rings (SSSR count). The van der Waals surface area contributed by atoms with Crippen molar-refractivity contribution in [3.05, 3.63) is 29.6 Å². The highest BCUT2D eigenvalue weighted by Gasteiger charge is 2.12. The predicted octanol–water partition coefficient (Wildman–Crippen LogP) is 2.37. The van der Waals surface area contributed by atoms with E-state index in [1.807, 2.05) is 6.07 Å². The van der Waals surface area contributed by atoms with Gasteiger partial charge in [-0.05, 0) is 18.2 Å². The summed E-state index contributed by atoms with van der Waals surface area (Å²) in [6.07, 6.45) is -2.62. The van der Waals surface area contributed by atoms with E-state index < -0.39 is 6.43 Å². The Morgan fingerprint density at radius 2 is 2.21 bits per heavy atom. The van der Waals surface area contributed by atoms with E-state index in [0.717, 1.165) is 0 Å². The van der Waals surface area contributed by atoms with Gasteiger partial charge in [-0.1, -0.05) is 0 Å². The van der Waals surface area contributed by atoms with Crippen LogP contribution in [0.1, 0.15) is 17.8 Å². The molecule has 0 saturated carbocycles. The molecule has 0 unspecified atom stereocenters. The summed E-state index contributed by atoms with van der Waals surface area (Å²) in [5, 5.41) is 8.58. The molecule has 0 spiro atoms. The number of H-pyrrole nitrogens is 1. The number of imidazole rings is 1. The van der Waals surface area contributed by atoms with Gasteiger partial charge in [0.05, 0.1) is 22.7 Å². The maximum absolute atomic E-state index is 12.2. The number of alkyl halides is 2. The van der Waals surface area contributed by atoms with E-state index in [-0.39, 0.29) is 5.82 Å². The number of rotatable bonds is 1. The van der Waals surface area contributed by atoms with Gasteiger partial charge in [0.25, 0.3) is 6.43 Å². The lowest BCUT2D eigenvalue weighted by Gasteiger charge is -1.88. The Kier molecular flexibility index (Phi) is 1.89. The number of benzene rings is 1. The zero-order valence-electron chi connectivity index (χ0n) is 6.96. The van der Waals surface area contributed by atoms with Crippen LogP contribution in [0.25, 0.3) is 11.0 Å². The van der Waals surface area contributed by atoms with Gasteiger partial charge in [0.15, 0.2) is 5.82 Å². The lowest BCUT2D eigenvalue weighted by Crippen LogP contribution is -1.84. The molecule has 0 amide bonds. The molecule has 0 aliphatic carbocycles. The van der Waals surface area contributed by atoms with Gasteiger partial charge in [-0.2, -0.15) is 5.26 Å². The Labute approximate surface area is 78.0 Å². The average molecular weight is 193 g/mol. The summed E-state index contributed by atoms with van der Waals surface area (Å²) < 4.78 is 24.5. The normalized spacial score (nSPS) is 10.7. The van der Waals surface area contributed by atoms with Gasteiger partial charge in [0.2, 0.25) is 0 Å². The van der Waals surface area contributed by atoms with E-state index in [0.29, 0.717) is 16.6 Å².